The predicted molar refractivity (Wildman–Crippen MR) is 85.6 cm³/mol. The van der Waals surface area contributed by atoms with Crippen LogP contribution in [0.4, 0.5) is 0 Å². The van der Waals surface area contributed by atoms with Crippen LogP contribution in [0.3, 0.4) is 0 Å². The summed E-state index contributed by atoms with van der Waals surface area (Å²) in [5.74, 6) is 1.07. The van der Waals surface area contributed by atoms with Crippen LogP contribution in [-0.4, -0.2) is 49.3 Å². The third-order valence-corrected chi connectivity index (χ3v) is 4.83. The van der Waals surface area contributed by atoms with Crippen molar-refractivity contribution < 1.29 is 9.15 Å². The van der Waals surface area contributed by atoms with Gasteiger partial charge in [-0.25, -0.2) is 0 Å². The van der Waals surface area contributed by atoms with Crippen LogP contribution in [0, 0.1) is 0 Å². The highest BCUT2D eigenvalue weighted by Gasteiger charge is 2.38. The van der Waals surface area contributed by atoms with Gasteiger partial charge in [-0.3, -0.25) is 4.90 Å². The van der Waals surface area contributed by atoms with Gasteiger partial charge in [-0.15, -0.1) is 0 Å². The number of nitrogens with one attached hydrogen (secondary N) is 1. The Hall–Kier alpha value is -0.840. The quantitative estimate of drug-likeness (QED) is 0.800. The topological polar surface area (TPSA) is 37.6 Å². The van der Waals surface area contributed by atoms with Gasteiger partial charge < -0.3 is 14.5 Å². The molecular formula is C17H30N2O2. The summed E-state index contributed by atoms with van der Waals surface area (Å²) in [5, 5.41) is 3.75. The van der Waals surface area contributed by atoms with Gasteiger partial charge in [-0.1, -0.05) is 13.8 Å². The van der Waals surface area contributed by atoms with E-state index >= 15 is 0 Å². The molecule has 1 aromatic rings. The number of hydrogen-bond acceptors (Lipinski definition) is 4. The summed E-state index contributed by atoms with van der Waals surface area (Å²) in [6.07, 6.45) is 4.98. The van der Waals surface area contributed by atoms with Gasteiger partial charge in [0.15, 0.2) is 0 Å². The van der Waals surface area contributed by atoms with E-state index in [1.807, 2.05) is 6.07 Å². The third-order valence-electron chi connectivity index (χ3n) is 4.83. The van der Waals surface area contributed by atoms with Gasteiger partial charge in [0.1, 0.15) is 5.76 Å². The zero-order chi connectivity index (χ0) is 15.1. The fourth-order valence-corrected chi connectivity index (χ4v) is 3.22. The lowest BCUT2D eigenvalue weighted by atomic mass is 9.84. The molecule has 4 heteroatoms. The van der Waals surface area contributed by atoms with Crippen LogP contribution in [-0.2, 0) is 11.2 Å². The second-order valence-electron chi connectivity index (χ2n) is 6.10. The van der Waals surface area contributed by atoms with Crippen molar-refractivity contribution in [3.63, 3.8) is 0 Å². The summed E-state index contributed by atoms with van der Waals surface area (Å²) in [7, 11) is 0. The first-order valence-electron chi connectivity index (χ1n) is 8.29. The van der Waals surface area contributed by atoms with Gasteiger partial charge in [0.25, 0.3) is 0 Å². The van der Waals surface area contributed by atoms with Crippen molar-refractivity contribution >= 4 is 0 Å². The van der Waals surface area contributed by atoms with Crippen LogP contribution in [0.15, 0.2) is 22.8 Å². The third kappa shape index (κ3) is 4.09. The highest BCUT2D eigenvalue weighted by Crippen LogP contribution is 2.27. The van der Waals surface area contributed by atoms with E-state index in [2.05, 4.69) is 37.1 Å². The molecule has 0 aromatic carbocycles. The van der Waals surface area contributed by atoms with Crippen LogP contribution < -0.4 is 5.32 Å². The van der Waals surface area contributed by atoms with Crippen molar-refractivity contribution in [2.75, 3.05) is 32.8 Å². The zero-order valence-electron chi connectivity index (χ0n) is 13.7. The van der Waals surface area contributed by atoms with Crippen LogP contribution in [0.5, 0.6) is 0 Å². The minimum absolute atomic E-state index is 0.131. The molecule has 0 amide bonds. The minimum Gasteiger partial charge on any atom is -0.469 e. The number of furan rings is 1. The van der Waals surface area contributed by atoms with Crippen molar-refractivity contribution in [3.8, 4) is 0 Å². The number of hydrogen-bond donors (Lipinski definition) is 1. The number of nitrogens with zero attached hydrogens (tertiary/aromatic N) is 1. The van der Waals surface area contributed by atoms with Crippen molar-refractivity contribution in [1.29, 1.82) is 0 Å². The first-order chi connectivity index (χ1) is 10.2. The molecule has 2 atom stereocenters. The highest BCUT2D eigenvalue weighted by molar-refractivity contribution is 5.06. The van der Waals surface area contributed by atoms with Crippen LogP contribution in [0.25, 0.3) is 0 Å². The maximum absolute atomic E-state index is 5.59. The second-order valence-corrected chi connectivity index (χ2v) is 6.10. The first kappa shape index (κ1) is 16.5. The molecule has 1 aromatic heterocycles. The van der Waals surface area contributed by atoms with E-state index in [4.69, 9.17) is 9.15 Å². The molecule has 1 saturated heterocycles. The highest BCUT2D eigenvalue weighted by atomic mass is 16.5. The molecule has 0 spiro atoms. The molecule has 1 aliphatic rings. The summed E-state index contributed by atoms with van der Waals surface area (Å²) in [4.78, 5) is 2.59. The summed E-state index contributed by atoms with van der Waals surface area (Å²) in [5.41, 5.74) is 0.131. The van der Waals surface area contributed by atoms with Crippen LogP contribution >= 0.6 is 0 Å². The van der Waals surface area contributed by atoms with Crippen LogP contribution in [0.2, 0.25) is 0 Å². The molecule has 21 heavy (non-hydrogen) atoms. The lowest BCUT2D eigenvalue weighted by Gasteiger charge is -2.48. The number of ether oxygens (including phenoxy) is 1. The smallest absolute Gasteiger partial charge is 0.105 e. The Bertz CT molecular complexity index is 388. The van der Waals surface area contributed by atoms with Crippen molar-refractivity contribution in [2.24, 2.45) is 0 Å². The lowest BCUT2D eigenvalue weighted by molar-refractivity contribution is -0.0327. The molecule has 0 saturated carbocycles. The van der Waals surface area contributed by atoms with Gasteiger partial charge in [0, 0.05) is 31.1 Å². The summed E-state index contributed by atoms with van der Waals surface area (Å²) >= 11 is 0. The second kappa shape index (κ2) is 7.97. The number of rotatable bonds is 8. The van der Waals surface area contributed by atoms with Crippen molar-refractivity contribution in [1.82, 2.24) is 10.2 Å². The maximum atomic E-state index is 5.59. The van der Waals surface area contributed by atoms with E-state index in [1.54, 1.807) is 6.26 Å². The largest absolute Gasteiger partial charge is 0.469 e. The number of morpholine rings is 1. The Kier molecular flexibility index (Phi) is 6.27. The molecule has 1 fully saturated rings. The SMILES string of the molecule is CCCNC(Cc1ccco1)C(C)(CC)N1CCOCC1. The molecule has 4 nitrogen and oxygen atoms in total. The molecule has 2 unspecified atom stereocenters. The van der Waals surface area contributed by atoms with Crippen LogP contribution in [0.1, 0.15) is 39.4 Å². The lowest BCUT2D eigenvalue weighted by Crippen LogP contribution is -2.62. The standard InChI is InChI=1S/C17H30N2O2/c1-4-8-18-16(14-15-7-6-11-21-15)17(3,5-2)19-9-12-20-13-10-19/h6-7,11,16,18H,4-5,8-10,12-14H2,1-3H3. The fraction of sp³-hybridized carbons (Fsp3) is 0.765. The minimum atomic E-state index is 0.131. The fourth-order valence-electron chi connectivity index (χ4n) is 3.22. The Labute approximate surface area is 128 Å². The molecule has 2 heterocycles. The van der Waals surface area contributed by atoms with E-state index in [0.29, 0.717) is 6.04 Å². The van der Waals surface area contributed by atoms with Crippen molar-refractivity contribution in [2.45, 2.75) is 51.6 Å². The normalized spacial score (nSPS) is 21.1. The van der Waals surface area contributed by atoms with Gasteiger partial charge in [0.05, 0.1) is 19.5 Å². The van der Waals surface area contributed by atoms with E-state index < -0.39 is 0 Å². The summed E-state index contributed by atoms with van der Waals surface area (Å²) in [6.45, 7) is 11.7. The Balaban J connectivity index is 2.13. The Morgan fingerprint density at radius 2 is 2.10 bits per heavy atom. The predicted octanol–water partition coefficient (Wildman–Crippen LogP) is 2.69. The molecule has 0 radical (unpaired) electrons. The average Bonchev–Trinajstić information content (AvgIpc) is 3.04. The van der Waals surface area contributed by atoms with E-state index in [-0.39, 0.29) is 5.54 Å². The van der Waals surface area contributed by atoms with Gasteiger partial charge in [0.2, 0.25) is 0 Å². The van der Waals surface area contributed by atoms with Gasteiger partial charge >= 0.3 is 0 Å². The summed E-state index contributed by atoms with van der Waals surface area (Å²) in [6, 6.07) is 4.45. The Morgan fingerprint density at radius 1 is 1.33 bits per heavy atom. The van der Waals surface area contributed by atoms with E-state index in [1.165, 1.54) is 0 Å². The molecule has 120 valence electrons. The average molecular weight is 294 g/mol. The molecule has 2 rings (SSSR count). The van der Waals surface area contributed by atoms with E-state index in [9.17, 15) is 0 Å². The van der Waals surface area contributed by atoms with Crippen molar-refractivity contribution in [3.05, 3.63) is 24.2 Å². The molecular weight excluding hydrogens is 264 g/mol. The summed E-state index contributed by atoms with van der Waals surface area (Å²) < 4.78 is 11.1. The van der Waals surface area contributed by atoms with Gasteiger partial charge in [-0.2, -0.15) is 0 Å². The van der Waals surface area contributed by atoms with Gasteiger partial charge in [-0.05, 0) is 38.4 Å². The molecule has 1 N–H and O–H groups in total. The molecule has 0 aliphatic carbocycles. The first-order valence-corrected chi connectivity index (χ1v) is 8.29. The Morgan fingerprint density at radius 3 is 2.67 bits per heavy atom. The van der Waals surface area contributed by atoms with E-state index in [0.717, 1.165) is 57.9 Å². The zero-order valence-corrected chi connectivity index (χ0v) is 13.7. The molecule has 1 aliphatic heterocycles. The molecule has 0 bridgehead atoms. The monoisotopic (exact) mass is 294 g/mol. The maximum Gasteiger partial charge on any atom is 0.105 e.